The van der Waals surface area contributed by atoms with Gasteiger partial charge in [-0.3, -0.25) is 4.79 Å². The van der Waals surface area contributed by atoms with Crippen LogP contribution < -0.4 is 5.32 Å². The van der Waals surface area contributed by atoms with Crippen LogP contribution in [0.3, 0.4) is 0 Å². The van der Waals surface area contributed by atoms with E-state index in [9.17, 15) is 4.79 Å². The molecule has 0 bridgehead atoms. The average Bonchev–Trinajstić information content (AvgIpc) is 3.02. The van der Waals surface area contributed by atoms with Crippen LogP contribution in [-0.2, 0) is 0 Å². The number of anilines is 1. The van der Waals surface area contributed by atoms with E-state index in [0.29, 0.717) is 21.3 Å². The highest BCUT2D eigenvalue weighted by atomic mass is 35.5. The molecule has 0 atom stereocenters. The molecule has 0 radical (unpaired) electrons. The summed E-state index contributed by atoms with van der Waals surface area (Å²) in [6, 6.07) is 12.7. The van der Waals surface area contributed by atoms with Crippen LogP contribution in [-0.4, -0.2) is 21.9 Å². The van der Waals surface area contributed by atoms with Gasteiger partial charge >= 0.3 is 0 Å². The minimum Gasteiger partial charge on any atom is -0.322 e. The summed E-state index contributed by atoms with van der Waals surface area (Å²) in [6.45, 7) is 0. The zero-order valence-electron chi connectivity index (χ0n) is 12.7. The molecule has 0 unspecified atom stereocenters. The van der Waals surface area contributed by atoms with Gasteiger partial charge in [0.05, 0.1) is 27.5 Å². The van der Waals surface area contributed by atoms with Crippen LogP contribution in [0.5, 0.6) is 0 Å². The first-order valence-corrected chi connectivity index (χ1v) is 9.00. The van der Waals surface area contributed by atoms with E-state index in [0.717, 1.165) is 10.6 Å². The number of nitrogens with zero attached hydrogens (tertiary/aromatic N) is 2. The zero-order chi connectivity index (χ0) is 17.1. The third-order valence-electron chi connectivity index (χ3n) is 3.36. The van der Waals surface area contributed by atoms with Gasteiger partial charge in [-0.1, -0.05) is 23.2 Å². The van der Waals surface area contributed by atoms with E-state index in [4.69, 9.17) is 23.2 Å². The third-order valence-corrected chi connectivity index (χ3v) is 4.61. The van der Waals surface area contributed by atoms with E-state index >= 15 is 0 Å². The van der Waals surface area contributed by atoms with Crippen molar-refractivity contribution in [1.29, 1.82) is 0 Å². The molecule has 24 heavy (non-hydrogen) atoms. The first kappa shape index (κ1) is 16.9. The average molecular weight is 378 g/mol. The number of amides is 1. The van der Waals surface area contributed by atoms with Crippen molar-refractivity contribution in [1.82, 2.24) is 9.78 Å². The number of aromatic nitrogens is 2. The van der Waals surface area contributed by atoms with Crippen LogP contribution in [0.4, 0.5) is 5.69 Å². The second-order valence-corrected chi connectivity index (χ2v) is 6.67. The molecule has 4 nitrogen and oxygen atoms in total. The van der Waals surface area contributed by atoms with E-state index in [1.807, 2.05) is 24.5 Å². The van der Waals surface area contributed by atoms with Crippen molar-refractivity contribution in [3.05, 3.63) is 70.5 Å². The summed E-state index contributed by atoms with van der Waals surface area (Å²) in [4.78, 5) is 13.4. The summed E-state index contributed by atoms with van der Waals surface area (Å²) in [6.07, 6.45) is 5.23. The molecule has 0 aliphatic rings. The van der Waals surface area contributed by atoms with Crippen LogP contribution in [0.2, 0.25) is 10.0 Å². The number of carbonyl (C=O) groups excluding carboxylic acids is 1. The molecule has 1 heterocycles. The van der Waals surface area contributed by atoms with Crippen LogP contribution in [0.15, 0.2) is 59.8 Å². The van der Waals surface area contributed by atoms with Gasteiger partial charge in [0.2, 0.25) is 0 Å². The number of halogens is 2. The van der Waals surface area contributed by atoms with Crippen LogP contribution in [0, 0.1) is 0 Å². The Hall–Kier alpha value is -1.95. The molecule has 0 fully saturated rings. The summed E-state index contributed by atoms with van der Waals surface area (Å²) in [7, 11) is 0. The standard InChI is InChI=1S/C17H13Cl2N3OS/c1-24-14-6-7-16(19)15(8-14)17(23)21-12-2-4-13(5-3-12)22-10-11(18)9-20-22/h2-10H,1H3,(H,21,23). The maximum Gasteiger partial charge on any atom is 0.257 e. The SMILES string of the molecule is CSc1ccc(Cl)c(C(=O)Nc2ccc(-n3cc(Cl)cn3)cc2)c1. The van der Waals surface area contributed by atoms with Gasteiger partial charge in [-0.05, 0) is 48.7 Å². The molecule has 0 aliphatic heterocycles. The lowest BCUT2D eigenvalue weighted by Crippen LogP contribution is -2.12. The lowest BCUT2D eigenvalue weighted by atomic mass is 10.2. The summed E-state index contributed by atoms with van der Waals surface area (Å²) < 4.78 is 1.66. The van der Waals surface area contributed by atoms with Crippen molar-refractivity contribution in [2.45, 2.75) is 4.90 Å². The molecule has 2 aromatic carbocycles. The Morgan fingerprint density at radius 2 is 1.92 bits per heavy atom. The molecule has 122 valence electrons. The Morgan fingerprint density at radius 1 is 1.17 bits per heavy atom. The topological polar surface area (TPSA) is 46.9 Å². The van der Waals surface area contributed by atoms with E-state index in [1.54, 1.807) is 53.1 Å². The second-order valence-electron chi connectivity index (χ2n) is 4.95. The number of rotatable bonds is 4. The number of hydrogen-bond acceptors (Lipinski definition) is 3. The number of hydrogen-bond donors (Lipinski definition) is 1. The number of thioether (sulfide) groups is 1. The maximum atomic E-state index is 12.4. The number of carbonyl (C=O) groups is 1. The maximum absolute atomic E-state index is 12.4. The molecule has 1 N–H and O–H groups in total. The Balaban J connectivity index is 1.77. The molecule has 7 heteroatoms. The van der Waals surface area contributed by atoms with Gasteiger partial charge in [0.1, 0.15) is 0 Å². The number of nitrogens with one attached hydrogen (secondary N) is 1. The van der Waals surface area contributed by atoms with Gasteiger partial charge in [-0.15, -0.1) is 11.8 Å². The Kier molecular flexibility index (Phi) is 5.14. The molecule has 3 aromatic rings. The summed E-state index contributed by atoms with van der Waals surface area (Å²) in [5.74, 6) is -0.245. The molecule has 0 saturated heterocycles. The molecule has 0 saturated carbocycles. The summed E-state index contributed by atoms with van der Waals surface area (Å²) >= 11 is 13.5. The molecule has 0 spiro atoms. The van der Waals surface area contributed by atoms with Gasteiger partial charge in [0.25, 0.3) is 5.91 Å². The van der Waals surface area contributed by atoms with Gasteiger partial charge in [0.15, 0.2) is 0 Å². The lowest BCUT2D eigenvalue weighted by molar-refractivity contribution is 0.102. The molecule has 3 rings (SSSR count). The highest BCUT2D eigenvalue weighted by Crippen LogP contribution is 2.24. The van der Waals surface area contributed by atoms with Gasteiger partial charge in [-0.25, -0.2) is 4.68 Å². The van der Waals surface area contributed by atoms with Gasteiger partial charge in [0, 0.05) is 16.8 Å². The molecule has 0 aliphatic carbocycles. The molecule has 1 aromatic heterocycles. The predicted molar refractivity (Wildman–Crippen MR) is 99.8 cm³/mol. The van der Waals surface area contributed by atoms with Crippen LogP contribution >= 0.6 is 35.0 Å². The van der Waals surface area contributed by atoms with E-state index < -0.39 is 0 Å². The normalized spacial score (nSPS) is 10.6. The van der Waals surface area contributed by atoms with E-state index in [-0.39, 0.29) is 5.91 Å². The van der Waals surface area contributed by atoms with Crippen molar-refractivity contribution in [3.8, 4) is 5.69 Å². The van der Waals surface area contributed by atoms with Gasteiger partial charge in [-0.2, -0.15) is 5.10 Å². The van der Waals surface area contributed by atoms with Crippen molar-refractivity contribution in [2.75, 3.05) is 11.6 Å². The van der Waals surface area contributed by atoms with Crippen LogP contribution in [0.1, 0.15) is 10.4 Å². The smallest absolute Gasteiger partial charge is 0.257 e. The van der Waals surface area contributed by atoms with Crippen molar-refractivity contribution in [2.24, 2.45) is 0 Å². The minimum absolute atomic E-state index is 0.245. The van der Waals surface area contributed by atoms with Crippen molar-refractivity contribution in [3.63, 3.8) is 0 Å². The lowest BCUT2D eigenvalue weighted by Gasteiger charge is -2.09. The van der Waals surface area contributed by atoms with E-state index in [1.165, 1.54) is 0 Å². The summed E-state index contributed by atoms with van der Waals surface area (Å²) in [5.41, 5.74) is 1.97. The van der Waals surface area contributed by atoms with Gasteiger partial charge < -0.3 is 5.32 Å². The Morgan fingerprint density at radius 3 is 2.54 bits per heavy atom. The van der Waals surface area contributed by atoms with E-state index in [2.05, 4.69) is 10.4 Å². The third kappa shape index (κ3) is 3.75. The molecule has 1 amide bonds. The van der Waals surface area contributed by atoms with Crippen molar-refractivity contribution >= 4 is 46.6 Å². The quantitative estimate of drug-likeness (QED) is 0.639. The fourth-order valence-corrected chi connectivity index (χ4v) is 2.92. The molecular formula is C17H13Cl2N3OS. The Bertz CT molecular complexity index is 878. The monoisotopic (exact) mass is 377 g/mol. The van der Waals surface area contributed by atoms with Crippen LogP contribution in [0.25, 0.3) is 5.69 Å². The first-order chi connectivity index (χ1) is 11.6. The number of benzene rings is 2. The van der Waals surface area contributed by atoms with Crippen molar-refractivity contribution < 1.29 is 4.79 Å². The highest BCUT2D eigenvalue weighted by Gasteiger charge is 2.11. The first-order valence-electron chi connectivity index (χ1n) is 7.02. The molecular weight excluding hydrogens is 365 g/mol. The largest absolute Gasteiger partial charge is 0.322 e. The Labute approximate surface area is 153 Å². The fraction of sp³-hybridized carbons (Fsp3) is 0.0588. The zero-order valence-corrected chi connectivity index (χ0v) is 15.0. The fourth-order valence-electron chi connectivity index (χ4n) is 2.14. The minimum atomic E-state index is -0.245. The predicted octanol–water partition coefficient (Wildman–Crippen LogP) is 5.15. The summed E-state index contributed by atoms with van der Waals surface area (Å²) in [5, 5.41) is 7.97. The highest BCUT2D eigenvalue weighted by molar-refractivity contribution is 7.98. The second kappa shape index (κ2) is 7.30.